The number of hydrogen-bond acceptors (Lipinski definition) is 4. The van der Waals surface area contributed by atoms with Crippen molar-refractivity contribution in [3.05, 3.63) is 0 Å². The third-order valence-corrected chi connectivity index (χ3v) is 1.49. The van der Waals surface area contributed by atoms with Gasteiger partial charge in [-0.3, -0.25) is 9.59 Å². The van der Waals surface area contributed by atoms with E-state index in [0.29, 0.717) is 0 Å². The number of ether oxygens (including phenoxy) is 1. The highest BCUT2D eigenvalue weighted by Crippen LogP contribution is 2.14. The van der Waals surface area contributed by atoms with Gasteiger partial charge >= 0.3 is 11.8 Å². The number of carbonyl (C=O) groups excluding carboxylic acids is 2. The molecule has 2 amide bonds. The molecule has 0 aromatic rings. The van der Waals surface area contributed by atoms with Crippen LogP contribution >= 0.6 is 0 Å². The van der Waals surface area contributed by atoms with Crippen molar-refractivity contribution in [2.75, 3.05) is 13.2 Å². The zero-order valence-electron chi connectivity index (χ0n) is 6.16. The van der Waals surface area contributed by atoms with Crippen molar-refractivity contribution < 1.29 is 14.3 Å². The molecule has 3 N–H and O–H groups in total. The monoisotopic (exact) mass is 169 g/mol. The molecule has 0 aromatic heterocycles. The van der Waals surface area contributed by atoms with E-state index in [9.17, 15) is 9.59 Å². The average Bonchev–Trinajstić information content (AvgIpc) is 1.96. The molecule has 1 aliphatic rings. The van der Waals surface area contributed by atoms with E-state index in [1.54, 1.807) is 0 Å². The lowest BCUT2D eigenvalue weighted by Gasteiger charge is -2.34. The lowest BCUT2D eigenvalue weighted by molar-refractivity contribution is -0.141. The van der Waals surface area contributed by atoms with E-state index in [0.717, 1.165) is 0 Å². The number of nitrogens with two attached hydrogens (primary N) is 1. The fraction of sp³-hybridized carbons (Fsp3) is 0.500. The van der Waals surface area contributed by atoms with Crippen LogP contribution < -0.4 is 11.1 Å². The van der Waals surface area contributed by atoms with Crippen molar-refractivity contribution in [3.8, 4) is 6.07 Å². The third-order valence-electron chi connectivity index (χ3n) is 1.49. The molecule has 0 unspecified atom stereocenters. The number of amides is 2. The second-order valence-electron chi connectivity index (χ2n) is 2.51. The van der Waals surface area contributed by atoms with Crippen LogP contribution in [0.3, 0.4) is 0 Å². The Morgan fingerprint density at radius 3 is 2.42 bits per heavy atom. The quantitative estimate of drug-likeness (QED) is 0.438. The maximum absolute atomic E-state index is 10.7. The van der Waals surface area contributed by atoms with Gasteiger partial charge < -0.3 is 15.8 Å². The zero-order chi connectivity index (χ0) is 9.19. The highest BCUT2D eigenvalue weighted by atomic mass is 16.5. The zero-order valence-corrected chi connectivity index (χ0v) is 6.16. The van der Waals surface area contributed by atoms with Crippen LogP contribution in [0.1, 0.15) is 0 Å². The van der Waals surface area contributed by atoms with E-state index >= 15 is 0 Å². The summed E-state index contributed by atoms with van der Waals surface area (Å²) < 4.78 is 4.72. The molecule has 0 atom stereocenters. The highest BCUT2D eigenvalue weighted by molar-refractivity contribution is 6.34. The van der Waals surface area contributed by atoms with Crippen molar-refractivity contribution in [1.29, 1.82) is 5.26 Å². The molecule has 1 aliphatic heterocycles. The molecule has 6 nitrogen and oxygen atoms in total. The largest absolute Gasteiger partial charge is 0.374 e. The van der Waals surface area contributed by atoms with E-state index in [1.807, 2.05) is 6.07 Å². The van der Waals surface area contributed by atoms with Crippen molar-refractivity contribution in [2.24, 2.45) is 5.73 Å². The topological polar surface area (TPSA) is 105 Å². The van der Waals surface area contributed by atoms with Crippen LogP contribution in [0, 0.1) is 11.3 Å². The third kappa shape index (κ3) is 1.35. The summed E-state index contributed by atoms with van der Waals surface area (Å²) >= 11 is 0. The predicted octanol–water partition coefficient (Wildman–Crippen LogP) is -2.12. The maximum Gasteiger partial charge on any atom is 0.310 e. The van der Waals surface area contributed by atoms with Crippen molar-refractivity contribution in [2.45, 2.75) is 5.54 Å². The summed E-state index contributed by atoms with van der Waals surface area (Å²) in [5.74, 6) is -2.06. The Balaban J connectivity index is 2.56. The normalized spacial score (nSPS) is 18.6. The number of nitrogens with zero attached hydrogens (tertiary/aromatic N) is 1. The van der Waals surface area contributed by atoms with Crippen molar-refractivity contribution in [3.63, 3.8) is 0 Å². The van der Waals surface area contributed by atoms with Gasteiger partial charge in [0.15, 0.2) is 5.54 Å². The van der Waals surface area contributed by atoms with Gasteiger partial charge in [0.05, 0.1) is 19.3 Å². The molecule has 0 aliphatic carbocycles. The minimum atomic E-state index is -1.10. The van der Waals surface area contributed by atoms with Gasteiger partial charge in [0.2, 0.25) is 0 Å². The predicted molar refractivity (Wildman–Crippen MR) is 36.5 cm³/mol. The number of carbonyl (C=O) groups is 2. The summed E-state index contributed by atoms with van der Waals surface area (Å²) in [4.78, 5) is 21.0. The van der Waals surface area contributed by atoms with E-state index in [1.165, 1.54) is 0 Å². The highest BCUT2D eigenvalue weighted by Gasteiger charge is 2.41. The number of rotatable bonds is 1. The summed E-state index contributed by atoms with van der Waals surface area (Å²) in [6, 6.07) is 1.84. The molecule has 1 heterocycles. The smallest absolute Gasteiger partial charge is 0.310 e. The van der Waals surface area contributed by atoms with Gasteiger partial charge in [0, 0.05) is 0 Å². The van der Waals surface area contributed by atoms with Crippen LogP contribution in [-0.4, -0.2) is 30.6 Å². The molecule has 0 radical (unpaired) electrons. The number of hydrogen-bond donors (Lipinski definition) is 2. The number of nitriles is 1. The molecular weight excluding hydrogens is 162 g/mol. The summed E-state index contributed by atoms with van der Waals surface area (Å²) in [5, 5.41) is 10.7. The molecule has 1 fully saturated rings. The minimum absolute atomic E-state index is 0.0997. The van der Waals surface area contributed by atoms with Gasteiger partial charge in [-0.05, 0) is 0 Å². The van der Waals surface area contributed by atoms with E-state index in [-0.39, 0.29) is 13.2 Å². The van der Waals surface area contributed by atoms with Crippen LogP contribution in [0.25, 0.3) is 0 Å². The molecule has 1 saturated heterocycles. The Morgan fingerprint density at radius 1 is 1.58 bits per heavy atom. The van der Waals surface area contributed by atoms with Gasteiger partial charge in [-0.1, -0.05) is 0 Å². The number of nitrogens with one attached hydrogen (secondary N) is 1. The lowest BCUT2D eigenvalue weighted by atomic mass is 10.00. The van der Waals surface area contributed by atoms with Crippen LogP contribution in [-0.2, 0) is 14.3 Å². The molecule has 1 rings (SSSR count). The lowest BCUT2D eigenvalue weighted by Crippen LogP contribution is -2.62. The van der Waals surface area contributed by atoms with E-state index in [2.05, 4.69) is 11.1 Å². The first-order valence-electron chi connectivity index (χ1n) is 3.20. The fourth-order valence-corrected chi connectivity index (χ4v) is 0.750. The molecule has 0 spiro atoms. The summed E-state index contributed by atoms with van der Waals surface area (Å²) in [5.41, 5.74) is 3.63. The summed E-state index contributed by atoms with van der Waals surface area (Å²) in [7, 11) is 0. The van der Waals surface area contributed by atoms with Crippen molar-refractivity contribution >= 4 is 11.8 Å². The van der Waals surface area contributed by atoms with E-state index in [4.69, 9.17) is 10.00 Å². The second-order valence-corrected chi connectivity index (χ2v) is 2.51. The molecular formula is C6H7N3O3. The van der Waals surface area contributed by atoms with Gasteiger partial charge in [-0.2, -0.15) is 5.26 Å². The second kappa shape index (κ2) is 2.79. The van der Waals surface area contributed by atoms with Gasteiger partial charge in [-0.15, -0.1) is 0 Å². The van der Waals surface area contributed by atoms with Gasteiger partial charge in [-0.25, -0.2) is 0 Å². The molecule has 0 aromatic carbocycles. The standard InChI is InChI=1S/C6H7N3O3/c7-1-6(2-12-3-6)9-5(11)4(8)10/h2-3H2,(H2,8,10)(H,9,11). The first kappa shape index (κ1) is 8.49. The maximum atomic E-state index is 10.7. The Kier molecular flexibility index (Phi) is 1.97. The average molecular weight is 169 g/mol. The van der Waals surface area contributed by atoms with Crippen LogP contribution in [0.4, 0.5) is 0 Å². The summed E-state index contributed by atoms with van der Waals surface area (Å²) in [6.45, 7) is 0.199. The molecule has 6 heteroatoms. The van der Waals surface area contributed by atoms with Crippen LogP contribution in [0.2, 0.25) is 0 Å². The molecule has 12 heavy (non-hydrogen) atoms. The Labute approximate surface area is 68.3 Å². The Morgan fingerprint density at radius 2 is 2.17 bits per heavy atom. The fourth-order valence-electron chi connectivity index (χ4n) is 0.750. The Hall–Kier alpha value is -1.61. The molecule has 64 valence electrons. The number of primary amides is 1. The first-order valence-corrected chi connectivity index (χ1v) is 3.20. The van der Waals surface area contributed by atoms with Gasteiger partial charge in [0.25, 0.3) is 0 Å². The summed E-state index contributed by atoms with van der Waals surface area (Å²) in [6.07, 6.45) is 0. The van der Waals surface area contributed by atoms with E-state index < -0.39 is 17.4 Å². The van der Waals surface area contributed by atoms with Crippen molar-refractivity contribution in [1.82, 2.24) is 5.32 Å². The van der Waals surface area contributed by atoms with Crippen LogP contribution in [0.5, 0.6) is 0 Å². The SMILES string of the molecule is N#CC1(NC(=O)C(N)=O)COC1. The molecule has 0 saturated carbocycles. The first-order chi connectivity index (χ1) is 5.59. The molecule has 0 bridgehead atoms. The van der Waals surface area contributed by atoms with Gasteiger partial charge in [0.1, 0.15) is 0 Å². The minimum Gasteiger partial charge on any atom is -0.374 e. The van der Waals surface area contributed by atoms with Crippen LogP contribution in [0.15, 0.2) is 0 Å². The Bertz CT molecular complexity index is 264.